The van der Waals surface area contributed by atoms with E-state index in [9.17, 15) is 13.2 Å². The summed E-state index contributed by atoms with van der Waals surface area (Å²) in [5, 5.41) is 0. The Morgan fingerprint density at radius 2 is 1.74 bits per heavy atom. The zero-order valence-corrected chi connectivity index (χ0v) is 12.7. The lowest BCUT2D eigenvalue weighted by atomic mass is 9.99. The summed E-state index contributed by atoms with van der Waals surface area (Å²) in [7, 11) is 0. The molecular formula is C18H18F3NO. The Bertz CT molecular complexity index is 674. The molecule has 0 aromatic heterocycles. The Balaban J connectivity index is 2.12. The van der Waals surface area contributed by atoms with Crippen LogP contribution in [0.25, 0.3) is 5.57 Å². The molecule has 2 aromatic carbocycles. The molecule has 0 fully saturated rings. The highest BCUT2D eigenvalue weighted by Gasteiger charge is 2.30. The minimum absolute atomic E-state index is 0.337. The van der Waals surface area contributed by atoms with E-state index in [0.717, 1.165) is 12.1 Å². The Kier molecular flexibility index (Phi) is 5.32. The van der Waals surface area contributed by atoms with Crippen molar-refractivity contribution in [1.82, 2.24) is 0 Å². The van der Waals surface area contributed by atoms with Gasteiger partial charge in [-0.2, -0.15) is 13.2 Å². The number of para-hydroxylation sites is 1. The molecule has 0 aliphatic heterocycles. The quantitative estimate of drug-likeness (QED) is 0.853. The van der Waals surface area contributed by atoms with E-state index in [1.54, 1.807) is 13.0 Å². The van der Waals surface area contributed by atoms with Gasteiger partial charge in [0.2, 0.25) is 0 Å². The van der Waals surface area contributed by atoms with Crippen molar-refractivity contribution >= 4 is 5.57 Å². The van der Waals surface area contributed by atoms with Crippen LogP contribution in [0.4, 0.5) is 13.2 Å². The SMILES string of the molecule is CC(N)=C(CCOc1ccccc1)c1cccc(C(F)(F)F)c1. The molecule has 0 heterocycles. The smallest absolute Gasteiger partial charge is 0.416 e. The molecule has 2 aromatic rings. The van der Waals surface area contributed by atoms with Gasteiger partial charge in [-0.1, -0.05) is 30.3 Å². The van der Waals surface area contributed by atoms with Crippen molar-refractivity contribution in [2.45, 2.75) is 19.5 Å². The molecule has 0 aliphatic carbocycles. The lowest BCUT2D eigenvalue weighted by Crippen LogP contribution is -2.07. The molecule has 23 heavy (non-hydrogen) atoms. The van der Waals surface area contributed by atoms with Gasteiger partial charge in [0.15, 0.2) is 0 Å². The van der Waals surface area contributed by atoms with Crippen LogP contribution in [0.2, 0.25) is 0 Å². The Morgan fingerprint density at radius 3 is 2.35 bits per heavy atom. The van der Waals surface area contributed by atoms with E-state index < -0.39 is 11.7 Å². The summed E-state index contributed by atoms with van der Waals surface area (Å²) in [5.41, 5.74) is 6.78. The summed E-state index contributed by atoms with van der Waals surface area (Å²) in [4.78, 5) is 0. The number of nitrogens with two attached hydrogens (primary N) is 1. The van der Waals surface area contributed by atoms with Gasteiger partial charge >= 0.3 is 6.18 Å². The number of hydrogen-bond donors (Lipinski definition) is 1. The summed E-state index contributed by atoms with van der Waals surface area (Å²) in [6, 6.07) is 14.4. The number of halogens is 3. The predicted molar refractivity (Wildman–Crippen MR) is 84.8 cm³/mol. The summed E-state index contributed by atoms with van der Waals surface area (Å²) < 4.78 is 44.1. The molecule has 122 valence electrons. The van der Waals surface area contributed by atoms with E-state index in [1.807, 2.05) is 30.3 Å². The van der Waals surface area contributed by atoms with Crippen LogP contribution >= 0.6 is 0 Å². The molecule has 2 nitrogen and oxygen atoms in total. The van der Waals surface area contributed by atoms with Crippen LogP contribution < -0.4 is 10.5 Å². The molecule has 0 amide bonds. The Labute approximate surface area is 133 Å². The molecule has 0 bridgehead atoms. The van der Waals surface area contributed by atoms with Crippen LogP contribution in [0.15, 0.2) is 60.3 Å². The van der Waals surface area contributed by atoms with Gasteiger partial charge in [0.25, 0.3) is 0 Å². The number of alkyl halides is 3. The van der Waals surface area contributed by atoms with E-state index in [-0.39, 0.29) is 0 Å². The lowest BCUT2D eigenvalue weighted by Gasteiger charge is -2.14. The maximum atomic E-state index is 12.8. The summed E-state index contributed by atoms with van der Waals surface area (Å²) in [6.45, 7) is 2.02. The van der Waals surface area contributed by atoms with Crippen molar-refractivity contribution in [3.05, 3.63) is 71.4 Å². The number of hydrogen-bond acceptors (Lipinski definition) is 2. The van der Waals surface area contributed by atoms with Crippen molar-refractivity contribution in [3.63, 3.8) is 0 Å². The molecule has 0 saturated heterocycles. The molecule has 0 saturated carbocycles. The number of ether oxygens (including phenoxy) is 1. The predicted octanol–water partition coefficient (Wildman–Crippen LogP) is 4.86. The van der Waals surface area contributed by atoms with Crippen molar-refractivity contribution in [1.29, 1.82) is 0 Å². The van der Waals surface area contributed by atoms with Gasteiger partial charge in [0.1, 0.15) is 5.75 Å². The van der Waals surface area contributed by atoms with Gasteiger partial charge in [0, 0.05) is 12.1 Å². The third kappa shape index (κ3) is 4.77. The molecule has 0 unspecified atom stereocenters. The van der Waals surface area contributed by atoms with Crippen molar-refractivity contribution in [2.75, 3.05) is 6.61 Å². The van der Waals surface area contributed by atoms with Crippen LogP contribution in [-0.4, -0.2) is 6.61 Å². The van der Waals surface area contributed by atoms with Crippen molar-refractivity contribution in [3.8, 4) is 5.75 Å². The molecule has 5 heteroatoms. The van der Waals surface area contributed by atoms with E-state index in [2.05, 4.69) is 0 Å². The minimum atomic E-state index is -4.37. The molecule has 0 aliphatic rings. The lowest BCUT2D eigenvalue weighted by molar-refractivity contribution is -0.137. The zero-order valence-electron chi connectivity index (χ0n) is 12.7. The van der Waals surface area contributed by atoms with E-state index in [1.165, 1.54) is 6.07 Å². The molecule has 2 N–H and O–H groups in total. The Morgan fingerprint density at radius 1 is 1.04 bits per heavy atom. The largest absolute Gasteiger partial charge is 0.493 e. The van der Waals surface area contributed by atoms with Crippen molar-refractivity contribution in [2.24, 2.45) is 5.73 Å². The highest BCUT2D eigenvalue weighted by Crippen LogP contribution is 2.32. The number of rotatable bonds is 5. The van der Waals surface area contributed by atoms with Crippen LogP contribution in [-0.2, 0) is 6.18 Å². The maximum Gasteiger partial charge on any atom is 0.416 e. The summed E-state index contributed by atoms with van der Waals surface area (Å²) in [6.07, 6.45) is -3.94. The highest BCUT2D eigenvalue weighted by atomic mass is 19.4. The molecule has 0 atom stereocenters. The van der Waals surface area contributed by atoms with Crippen LogP contribution in [0, 0.1) is 0 Å². The number of benzene rings is 2. The monoisotopic (exact) mass is 321 g/mol. The molecular weight excluding hydrogens is 303 g/mol. The fraction of sp³-hybridized carbons (Fsp3) is 0.222. The highest BCUT2D eigenvalue weighted by molar-refractivity contribution is 5.68. The second-order valence-corrected chi connectivity index (χ2v) is 5.15. The fourth-order valence-corrected chi connectivity index (χ4v) is 2.24. The topological polar surface area (TPSA) is 35.2 Å². The molecule has 2 rings (SSSR count). The third-order valence-electron chi connectivity index (χ3n) is 3.38. The second kappa shape index (κ2) is 7.22. The van der Waals surface area contributed by atoms with Gasteiger partial charge in [-0.15, -0.1) is 0 Å². The Hall–Kier alpha value is -2.43. The second-order valence-electron chi connectivity index (χ2n) is 5.15. The summed E-state index contributed by atoms with van der Waals surface area (Å²) >= 11 is 0. The van der Waals surface area contributed by atoms with E-state index in [4.69, 9.17) is 10.5 Å². The minimum Gasteiger partial charge on any atom is -0.493 e. The van der Waals surface area contributed by atoms with Crippen LogP contribution in [0.5, 0.6) is 5.75 Å². The van der Waals surface area contributed by atoms with Gasteiger partial charge in [-0.05, 0) is 42.3 Å². The average Bonchev–Trinajstić information content (AvgIpc) is 2.51. The first kappa shape index (κ1) is 16.9. The summed E-state index contributed by atoms with van der Waals surface area (Å²) in [5.74, 6) is 0.713. The van der Waals surface area contributed by atoms with E-state index >= 15 is 0 Å². The average molecular weight is 321 g/mol. The first-order valence-corrected chi connectivity index (χ1v) is 7.18. The zero-order chi connectivity index (χ0) is 16.9. The maximum absolute atomic E-state index is 12.8. The van der Waals surface area contributed by atoms with Crippen LogP contribution in [0.1, 0.15) is 24.5 Å². The molecule has 0 radical (unpaired) electrons. The van der Waals surface area contributed by atoms with Gasteiger partial charge in [-0.3, -0.25) is 0 Å². The van der Waals surface area contributed by atoms with Gasteiger partial charge in [0.05, 0.1) is 12.2 Å². The van der Waals surface area contributed by atoms with Crippen molar-refractivity contribution < 1.29 is 17.9 Å². The third-order valence-corrected chi connectivity index (χ3v) is 3.38. The molecule has 0 spiro atoms. The van der Waals surface area contributed by atoms with Gasteiger partial charge in [-0.25, -0.2) is 0 Å². The van der Waals surface area contributed by atoms with Gasteiger partial charge < -0.3 is 10.5 Å². The first-order chi connectivity index (χ1) is 10.9. The number of allylic oxidation sites excluding steroid dienone is 1. The normalized spacial score (nSPS) is 12.7. The van der Waals surface area contributed by atoms with E-state index in [0.29, 0.717) is 35.6 Å². The standard InChI is InChI=1S/C18H18F3NO/c1-13(22)17(10-11-23-16-8-3-2-4-9-16)14-6-5-7-15(12-14)18(19,20)21/h2-9,12H,10-11,22H2,1H3. The first-order valence-electron chi connectivity index (χ1n) is 7.18. The van der Waals surface area contributed by atoms with Crippen LogP contribution in [0.3, 0.4) is 0 Å². The fourth-order valence-electron chi connectivity index (χ4n) is 2.24.